The van der Waals surface area contributed by atoms with E-state index in [2.05, 4.69) is 90.5 Å². The van der Waals surface area contributed by atoms with Crippen LogP contribution in [-0.4, -0.2) is 4.98 Å². The minimum atomic E-state index is 1.01. The maximum Gasteiger partial charge on any atom is 0.245 e. The molecular weight excluding hydrogens is 304 g/mol. The van der Waals surface area contributed by atoms with Crippen molar-refractivity contribution in [1.82, 2.24) is 4.98 Å². The summed E-state index contributed by atoms with van der Waals surface area (Å²) in [5.74, 6) is 0. The average Bonchev–Trinajstić information content (AvgIpc) is 2.68. The molecule has 0 saturated heterocycles. The first-order chi connectivity index (χ1) is 12.3. The van der Waals surface area contributed by atoms with E-state index in [1.807, 2.05) is 6.07 Å². The molecule has 1 aromatic heterocycles. The van der Waals surface area contributed by atoms with Crippen molar-refractivity contribution in [1.29, 1.82) is 0 Å². The fourth-order valence-corrected chi connectivity index (χ4v) is 3.71. The molecule has 0 aliphatic rings. The van der Waals surface area contributed by atoms with Gasteiger partial charge in [0.25, 0.3) is 0 Å². The molecule has 0 unspecified atom stereocenters. The first-order valence-electron chi connectivity index (χ1n) is 8.51. The molecule has 0 bridgehead atoms. The molecule has 118 valence electrons. The summed E-state index contributed by atoms with van der Waals surface area (Å²) in [5, 5.41) is 4.95. The lowest BCUT2D eigenvalue weighted by Gasteiger charge is -2.09. The molecule has 2 heteroatoms. The van der Waals surface area contributed by atoms with E-state index in [1.165, 1.54) is 21.5 Å². The molecule has 25 heavy (non-hydrogen) atoms. The molecule has 2 nitrogen and oxygen atoms in total. The third-order valence-electron chi connectivity index (χ3n) is 4.76. The summed E-state index contributed by atoms with van der Waals surface area (Å²) in [6, 6.07) is 27.6. The Morgan fingerprint density at radius 3 is 1.92 bits per heavy atom. The van der Waals surface area contributed by atoms with Crippen molar-refractivity contribution in [3.63, 3.8) is 0 Å². The monoisotopic (exact) mass is 321 g/mol. The SMILES string of the molecule is Cc1c[n+](-c2ccccc2)c2c3ccccc3c3ccccc3c2n1. The molecule has 0 saturated carbocycles. The number of nitrogens with zero attached hydrogens (tertiary/aromatic N) is 2. The van der Waals surface area contributed by atoms with Crippen LogP contribution < -0.4 is 4.57 Å². The fraction of sp³-hybridized carbons (Fsp3) is 0.0435. The summed E-state index contributed by atoms with van der Waals surface area (Å²) >= 11 is 0. The van der Waals surface area contributed by atoms with Crippen LogP contribution in [0.4, 0.5) is 0 Å². The maximum absolute atomic E-state index is 4.92. The maximum atomic E-state index is 4.92. The van der Waals surface area contributed by atoms with Crippen LogP contribution in [0, 0.1) is 6.92 Å². The first-order valence-corrected chi connectivity index (χ1v) is 8.51. The normalized spacial score (nSPS) is 11.4. The second-order valence-corrected chi connectivity index (χ2v) is 6.38. The molecule has 0 fully saturated rings. The Balaban J connectivity index is 2.11. The van der Waals surface area contributed by atoms with Gasteiger partial charge in [-0.15, -0.1) is 0 Å². The zero-order valence-electron chi connectivity index (χ0n) is 14.0. The highest BCUT2D eigenvalue weighted by Crippen LogP contribution is 2.32. The highest BCUT2D eigenvalue weighted by atomic mass is 15.0. The predicted octanol–water partition coefficient (Wildman–Crippen LogP) is 5.13. The van der Waals surface area contributed by atoms with Crippen LogP contribution in [0.15, 0.2) is 85.1 Å². The smallest absolute Gasteiger partial charge is 0.240 e. The zero-order valence-corrected chi connectivity index (χ0v) is 14.0. The Kier molecular flexibility index (Phi) is 3.04. The first kappa shape index (κ1) is 14.1. The summed E-state index contributed by atoms with van der Waals surface area (Å²) < 4.78 is 2.27. The van der Waals surface area contributed by atoms with Crippen LogP contribution in [0.25, 0.3) is 38.3 Å². The van der Waals surface area contributed by atoms with E-state index in [0.29, 0.717) is 0 Å². The van der Waals surface area contributed by atoms with E-state index in [0.717, 1.165) is 22.4 Å². The Morgan fingerprint density at radius 1 is 0.640 bits per heavy atom. The van der Waals surface area contributed by atoms with Gasteiger partial charge in [-0.25, -0.2) is 4.98 Å². The van der Waals surface area contributed by atoms with E-state index in [9.17, 15) is 0 Å². The zero-order chi connectivity index (χ0) is 16.8. The van der Waals surface area contributed by atoms with E-state index in [-0.39, 0.29) is 0 Å². The molecule has 0 atom stereocenters. The van der Waals surface area contributed by atoms with Gasteiger partial charge in [-0.1, -0.05) is 60.7 Å². The molecule has 4 aromatic carbocycles. The van der Waals surface area contributed by atoms with Gasteiger partial charge in [-0.2, -0.15) is 4.57 Å². The standard InChI is InChI=1S/C23H17N2/c1-16-15-25(17-9-3-2-4-10-17)23-21-14-8-6-12-19(21)18-11-5-7-13-20(18)22(23)24-16/h2-15H,1H3/q+1. The number of rotatable bonds is 1. The van der Waals surface area contributed by atoms with Gasteiger partial charge in [0.2, 0.25) is 11.2 Å². The summed E-state index contributed by atoms with van der Waals surface area (Å²) in [6.45, 7) is 2.06. The van der Waals surface area contributed by atoms with Gasteiger partial charge in [-0.3, -0.25) is 0 Å². The Bertz CT molecular complexity index is 1240. The largest absolute Gasteiger partial charge is 0.245 e. The number of aryl methyl sites for hydroxylation is 1. The number of benzene rings is 4. The van der Waals surface area contributed by atoms with Crippen LogP contribution in [0.2, 0.25) is 0 Å². The summed E-state index contributed by atoms with van der Waals surface area (Å²) in [5.41, 5.74) is 4.37. The molecule has 0 aliphatic carbocycles. The van der Waals surface area contributed by atoms with Gasteiger partial charge in [0, 0.05) is 17.5 Å². The molecular formula is C23H17N2+. The highest BCUT2D eigenvalue weighted by Gasteiger charge is 2.20. The van der Waals surface area contributed by atoms with Crippen molar-refractivity contribution in [2.24, 2.45) is 0 Å². The lowest BCUT2D eigenvalue weighted by atomic mass is 9.99. The number of para-hydroxylation sites is 1. The minimum absolute atomic E-state index is 1.01. The second-order valence-electron chi connectivity index (χ2n) is 6.38. The molecule has 5 aromatic rings. The van der Waals surface area contributed by atoms with E-state index < -0.39 is 0 Å². The second kappa shape index (κ2) is 5.38. The Hall–Kier alpha value is -3.26. The summed E-state index contributed by atoms with van der Waals surface area (Å²) in [7, 11) is 0. The van der Waals surface area contributed by atoms with Crippen LogP contribution in [0.3, 0.4) is 0 Å². The molecule has 0 aliphatic heterocycles. The van der Waals surface area contributed by atoms with Gasteiger partial charge >= 0.3 is 0 Å². The quantitative estimate of drug-likeness (QED) is 0.309. The summed E-state index contributed by atoms with van der Waals surface area (Å²) in [4.78, 5) is 4.92. The van der Waals surface area contributed by atoms with Crippen molar-refractivity contribution in [3.8, 4) is 5.69 Å². The highest BCUT2D eigenvalue weighted by molar-refractivity contribution is 6.22. The van der Waals surface area contributed by atoms with E-state index in [4.69, 9.17) is 4.98 Å². The average molecular weight is 321 g/mol. The van der Waals surface area contributed by atoms with Crippen LogP contribution in [0.5, 0.6) is 0 Å². The molecule has 1 heterocycles. The van der Waals surface area contributed by atoms with Crippen LogP contribution in [0.1, 0.15) is 5.69 Å². The van der Waals surface area contributed by atoms with Crippen LogP contribution >= 0.6 is 0 Å². The van der Waals surface area contributed by atoms with Crippen molar-refractivity contribution < 1.29 is 4.57 Å². The van der Waals surface area contributed by atoms with Crippen LogP contribution in [-0.2, 0) is 0 Å². The topological polar surface area (TPSA) is 16.8 Å². The third kappa shape index (κ3) is 2.11. The van der Waals surface area contributed by atoms with Crippen molar-refractivity contribution >= 4 is 32.6 Å². The third-order valence-corrected chi connectivity index (χ3v) is 4.76. The molecule has 0 radical (unpaired) electrons. The van der Waals surface area contributed by atoms with Crippen molar-refractivity contribution in [2.75, 3.05) is 0 Å². The van der Waals surface area contributed by atoms with Crippen molar-refractivity contribution in [2.45, 2.75) is 6.92 Å². The molecule has 0 N–H and O–H groups in total. The lowest BCUT2D eigenvalue weighted by molar-refractivity contribution is -0.567. The Morgan fingerprint density at radius 2 is 1.20 bits per heavy atom. The van der Waals surface area contributed by atoms with Gasteiger partial charge in [0.05, 0.1) is 5.39 Å². The van der Waals surface area contributed by atoms with E-state index >= 15 is 0 Å². The van der Waals surface area contributed by atoms with E-state index in [1.54, 1.807) is 0 Å². The summed E-state index contributed by atoms with van der Waals surface area (Å²) in [6.07, 6.45) is 2.12. The van der Waals surface area contributed by atoms with Gasteiger partial charge in [-0.05, 0) is 23.8 Å². The Labute approximate surface area is 146 Å². The van der Waals surface area contributed by atoms with Gasteiger partial charge in [0.15, 0.2) is 6.20 Å². The molecule has 0 amide bonds. The predicted molar refractivity (Wildman–Crippen MR) is 103 cm³/mol. The molecule has 0 spiro atoms. The van der Waals surface area contributed by atoms with Crippen molar-refractivity contribution in [3.05, 3.63) is 90.8 Å². The lowest BCUT2D eigenvalue weighted by Crippen LogP contribution is -2.32. The molecule has 5 rings (SSSR count). The number of hydrogen-bond donors (Lipinski definition) is 0. The fourth-order valence-electron chi connectivity index (χ4n) is 3.71. The number of hydrogen-bond acceptors (Lipinski definition) is 1. The number of fused-ring (bicyclic) bond motifs is 6. The van der Waals surface area contributed by atoms with Gasteiger partial charge in [0.1, 0.15) is 11.2 Å². The van der Waals surface area contributed by atoms with Gasteiger partial charge < -0.3 is 0 Å². The minimum Gasteiger partial charge on any atom is -0.240 e. The number of aromatic nitrogens is 2.